The zero-order valence-corrected chi connectivity index (χ0v) is 18.6. The fraction of sp³-hybridized carbons (Fsp3) is 0.409. The monoisotopic (exact) mass is 450 g/mol. The molecular formula is C22H27ClN2O4S. The van der Waals surface area contributed by atoms with E-state index in [2.05, 4.69) is 10.2 Å². The fourth-order valence-electron chi connectivity index (χ4n) is 3.67. The summed E-state index contributed by atoms with van der Waals surface area (Å²) in [4.78, 5) is 14.8. The molecule has 0 saturated carbocycles. The molecule has 6 nitrogen and oxygen atoms in total. The van der Waals surface area contributed by atoms with Crippen LogP contribution in [0.1, 0.15) is 30.9 Å². The molecule has 1 aliphatic heterocycles. The van der Waals surface area contributed by atoms with Gasteiger partial charge in [-0.2, -0.15) is 0 Å². The zero-order valence-electron chi connectivity index (χ0n) is 17.0. The van der Waals surface area contributed by atoms with Crippen molar-refractivity contribution in [3.8, 4) is 5.75 Å². The van der Waals surface area contributed by atoms with E-state index in [9.17, 15) is 13.2 Å². The van der Waals surface area contributed by atoms with Crippen LogP contribution in [-0.2, 0) is 14.6 Å². The Morgan fingerprint density at radius 3 is 2.43 bits per heavy atom. The second kappa shape index (κ2) is 10.3. The lowest BCUT2D eigenvalue weighted by Gasteiger charge is -2.28. The summed E-state index contributed by atoms with van der Waals surface area (Å²) in [5.74, 6) is 0.218. The fourth-order valence-corrected chi connectivity index (χ4v) is 5.48. The number of nitrogens with zero attached hydrogens (tertiary/aromatic N) is 1. The molecule has 2 aromatic carbocycles. The van der Waals surface area contributed by atoms with Crippen molar-refractivity contribution in [3.63, 3.8) is 0 Å². The van der Waals surface area contributed by atoms with E-state index in [4.69, 9.17) is 16.3 Å². The summed E-state index contributed by atoms with van der Waals surface area (Å²) in [5.41, 5.74) is 1.10. The smallest absolute Gasteiger partial charge is 0.221 e. The Balaban J connectivity index is 1.60. The van der Waals surface area contributed by atoms with E-state index in [0.29, 0.717) is 6.54 Å². The van der Waals surface area contributed by atoms with Crippen molar-refractivity contribution >= 4 is 27.3 Å². The van der Waals surface area contributed by atoms with Crippen LogP contribution in [0.4, 0.5) is 0 Å². The minimum atomic E-state index is -3.62. The molecule has 0 aliphatic carbocycles. The van der Waals surface area contributed by atoms with Crippen LogP contribution in [0.25, 0.3) is 0 Å². The van der Waals surface area contributed by atoms with Crippen LogP contribution >= 0.6 is 11.6 Å². The minimum absolute atomic E-state index is 0.0440. The Kier molecular flexibility index (Phi) is 7.75. The Morgan fingerprint density at radius 1 is 1.13 bits per heavy atom. The van der Waals surface area contributed by atoms with E-state index >= 15 is 0 Å². The molecule has 0 bridgehead atoms. The van der Waals surface area contributed by atoms with Crippen LogP contribution in [0.2, 0.25) is 5.02 Å². The van der Waals surface area contributed by atoms with Crippen molar-refractivity contribution in [2.45, 2.75) is 30.2 Å². The molecule has 8 heteroatoms. The molecule has 1 atom stereocenters. The largest absolute Gasteiger partial charge is 0.497 e. The topological polar surface area (TPSA) is 75.7 Å². The number of likely N-dealkylation sites (tertiary alicyclic amines) is 1. The number of rotatable bonds is 9. The first-order valence-electron chi connectivity index (χ1n) is 10.0. The van der Waals surface area contributed by atoms with Gasteiger partial charge in [-0.15, -0.1) is 0 Å². The summed E-state index contributed by atoms with van der Waals surface area (Å²) >= 11 is 5.99. The molecule has 2 aromatic rings. The standard InChI is InChI=1S/C22H27ClN2O4S/c1-29-18-10-8-17(9-11-18)20(25-13-4-5-14-25)16-24-22(26)12-15-30(27,28)21-7-3-2-6-19(21)23/h2-3,6-11,20H,4-5,12-16H2,1H3,(H,24,26). The highest BCUT2D eigenvalue weighted by atomic mass is 35.5. The van der Waals surface area contributed by atoms with E-state index in [-0.39, 0.29) is 34.0 Å². The van der Waals surface area contributed by atoms with Gasteiger partial charge in [0.05, 0.1) is 28.8 Å². The molecule has 1 saturated heterocycles. The Hall–Kier alpha value is -2.09. The maximum atomic E-state index is 12.5. The number of methoxy groups -OCH3 is 1. The molecule has 1 heterocycles. The third-order valence-electron chi connectivity index (χ3n) is 5.34. The number of carbonyl (C=O) groups excluding carboxylic acids is 1. The van der Waals surface area contributed by atoms with Crippen molar-refractivity contribution in [2.75, 3.05) is 32.5 Å². The van der Waals surface area contributed by atoms with Crippen LogP contribution in [0.5, 0.6) is 5.75 Å². The van der Waals surface area contributed by atoms with Gasteiger partial charge in [0.15, 0.2) is 9.84 Å². The number of nitrogens with one attached hydrogen (secondary N) is 1. The lowest BCUT2D eigenvalue weighted by atomic mass is 10.1. The highest BCUT2D eigenvalue weighted by Gasteiger charge is 2.25. The van der Waals surface area contributed by atoms with Gasteiger partial charge < -0.3 is 10.1 Å². The number of hydrogen-bond acceptors (Lipinski definition) is 5. The van der Waals surface area contributed by atoms with E-state index in [1.807, 2.05) is 24.3 Å². The van der Waals surface area contributed by atoms with Crippen molar-refractivity contribution in [2.24, 2.45) is 0 Å². The average Bonchev–Trinajstić information content (AvgIpc) is 3.28. The normalized spacial score (nSPS) is 15.7. The van der Waals surface area contributed by atoms with E-state index in [1.165, 1.54) is 12.1 Å². The lowest BCUT2D eigenvalue weighted by Crippen LogP contribution is -2.37. The predicted octanol–water partition coefficient (Wildman–Crippen LogP) is 3.47. The molecule has 1 amide bonds. The molecule has 1 aliphatic rings. The van der Waals surface area contributed by atoms with Gasteiger partial charge in [-0.1, -0.05) is 35.9 Å². The van der Waals surface area contributed by atoms with Gasteiger partial charge in [-0.25, -0.2) is 8.42 Å². The Morgan fingerprint density at radius 2 is 1.80 bits per heavy atom. The number of halogens is 1. The number of amides is 1. The Bertz CT molecular complexity index is 957. The van der Waals surface area contributed by atoms with Gasteiger partial charge in [0.25, 0.3) is 0 Å². The highest BCUT2D eigenvalue weighted by molar-refractivity contribution is 7.91. The van der Waals surface area contributed by atoms with Crippen molar-refractivity contribution in [1.82, 2.24) is 10.2 Å². The second-order valence-electron chi connectivity index (χ2n) is 7.34. The maximum Gasteiger partial charge on any atom is 0.221 e. The average molecular weight is 451 g/mol. The molecule has 1 fully saturated rings. The van der Waals surface area contributed by atoms with Crippen molar-refractivity contribution in [3.05, 3.63) is 59.1 Å². The van der Waals surface area contributed by atoms with Gasteiger partial charge in [-0.3, -0.25) is 9.69 Å². The summed E-state index contributed by atoms with van der Waals surface area (Å²) in [6.07, 6.45) is 2.16. The predicted molar refractivity (Wildman–Crippen MR) is 118 cm³/mol. The highest BCUT2D eigenvalue weighted by Crippen LogP contribution is 2.26. The molecule has 0 spiro atoms. The number of ether oxygens (including phenoxy) is 1. The van der Waals surface area contributed by atoms with Crippen LogP contribution < -0.4 is 10.1 Å². The summed E-state index contributed by atoms with van der Waals surface area (Å²) in [5, 5.41) is 3.09. The first-order valence-corrected chi connectivity index (χ1v) is 12.1. The first kappa shape index (κ1) is 22.6. The number of benzene rings is 2. The van der Waals surface area contributed by atoms with Gasteiger partial charge >= 0.3 is 0 Å². The molecule has 0 radical (unpaired) electrons. The van der Waals surface area contributed by atoms with Crippen molar-refractivity contribution in [1.29, 1.82) is 0 Å². The van der Waals surface area contributed by atoms with Gasteiger partial charge in [0.2, 0.25) is 5.91 Å². The number of hydrogen-bond donors (Lipinski definition) is 1. The molecule has 3 rings (SSSR count). The molecule has 162 valence electrons. The number of sulfone groups is 1. The van der Waals surface area contributed by atoms with E-state index < -0.39 is 9.84 Å². The summed E-state index contributed by atoms with van der Waals surface area (Å²) in [6.45, 7) is 2.39. The van der Waals surface area contributed by atoms with E-state index in [1.54, 1.807) is 19.2 Å². The molecular weight excluding hydrogens is 424 g/mol. The second-order valence-corrected chi connectivity index (χ2v) is 9.82. The molecule has 30 heavy (non-hydrogen) atoms. The summed E-state index contributed by atoms with van der Waals surface area (Å²) < 4.78 is 30.2. The van der Waals surface area contributed by atoms with Gasteiger partial charge in [0, 0.05) is 13.0 Å². The third-order valence-corrected chi connectivity index (χ3v) is 7.55. The van der Waals surface area contributed by atoms with Gasteiger partial charge in [-0.05, 0) is 55.8 Å². The maximum absolute atomic E-state index is 12.5. The van der Waals surface area contributed by atoms with Gasteiger partial charge in [0.1, 0.15) is 5.75 Å². The van der Waals surface area contributed by atoms with Crippen LogP contribution in [0.15, 0.2) is 53.4 Å². The Labute approximate surface area is 183 Å². The van der Waals surface area contributed by atoms with E-state index in [0.717, 1.165) is 37.2 Å². The number of carbonyl (C=O) groups is 1. The van der Waals surface area contributed by atoms with Crippen LogP contribution in [-0.4, -0.2) is 51.7 Å². The quantitative estimate of drug-likeness (QED) is 0.633. The summed E-state index contributed by atoms with van der Waals surface area (Å²) in [6, 6.07) is 14.2. The third kappa shape index (κ3) is 5.74. The van der Waals surface area contributed by atoms with Crippen LogP contribution in [0.3, 0.4) is 0 Å². The minimum Gasteiger partial charge on any atom is -0.497 e. The van der Waals surface area contributed by atoms with Crippen molar-refractivity contribution < 1.29 is 17.9 Å². The van der Waals surface area contributed by atoms with Crippen LogP contribution in [0, 0.1) is 0 Å². The molecule has 1 unspecified atom stereocenters. The molecule has 1 N–H and O–H groups in total. The first-order chi connectivity index (χ1) is 14.4. The summed E-state index contributed by atoms with van der Waals surface area (Å²) in [7, 11) is -1.99. The molecule has 0 aromatic heterocycles. The zero-order chi connectivity index (χ0) is 21.6. The SMILES string of the molecule is COc1ccc(C(CNC(=O)CCS(=O)(=O)c2ccccc2Cl)N2CCCC2)cc1. The lowest BCUT2D eigenvalue weighted by molar-refractivity contribution is -0.120.